The van der Waals surface area contributed by atoms with Crippen molar-refractivity contribution in [2.75, 3.05) is 25.5 Å². The van der Waals surface area contributed by atoms with Gasteiger partial charge in [0.1, 0.15) is 11.4 Å². The lowest BCUT2D eigenvalue weighted by atomic mass is 10.0. The SMILES string of the molecule is COc1cc(Cl)ccc1NC1CCN(C(=O)OC(C)(C)C)CC1. The Bertz CT molecular complexity index is 549. The fraction of sp³-hybridized carbons (Fsp3) is 0.588. The number of ether oxygens (including phenoxy) is 2. The van der Waals surface area contributed by atoms with Crippen molar-refractivity contribution in [3.05, 3.63) is 23.2 Å². The van der Waals surface area contributed by atoms with Crippen molar-refractivity contribution in [3.8, 4) is 5.75 Å². The van der Waals surface area contributed by atoms with Crippen LogP contribution in [-0.2, 0) is 4.74 Å². The smallest absolute Gasteiger partial charge is 0.410 e. The molecule has 6 heteroatoms. The second-order valence-electron chi connectivity index (χ2n) is 6.73. The zero-order chi connectivity index (χ0) is 17.0. The van der Waals surface area contributed by atoms with Gasteiger partial charge in [0.05, 0.1) is 12.8 Å². The Morgan fingerprint density at radius 2 is 1.96 bits per heavy atom. The summed E-state index contributed by atoms with van der Waals surface area (Å²) < 4.78 is 10.8. The predicted molar refractivity (Wildman–Crippen MR) is 92.5 cm³/mol. The number of rotatable bonds is 3. The molecule has 1 aliphatic heterocycles. The van der Waals surface area contributed by atoms with Crippen LogP contribution in [0, 0.1) is 0 Å². The lowest BCUT2D eigenvalue weighted by molar-refractivity contribution is 0.0210. The molecule has 1 heterocycles. The lowest BCUT2D eigenvalue weighted by Crippen LogP contribution is -2.44. The molecule has 1 aromatic carbocycles. The van der Waals surface area contributed by atoms with Gasteiger partial charge >= 0.3 is 6.09 Å². The van der Waals surface area contributed by atoms with Crippen molar-refractivity contribution in [3.63, 3.8) is 0 Å². The maximum Gasteiger partial charge on any atom is 0.410 e. The van der Waals surface area contributed by atoms with Gasteiger partial charge in [-0.1, -0.05) is 11.6 Å². The summed E-state index contributed by atoms with van der Waals surface area (Å²) in [5, 5.41) is 4.12. The third-order valence-corrected chi connectivity index (χ3v) is 3.90. The number of carbonyl (C=O) groups is 1. The van der Waals surface area contributed by atoms with E-state index in [-0.39, 0.29) is 6.09 Å². The number of halogens is 1. The Hall–Kier alpha value is -1.62. The van der Waals surface area contributed by atoms with E-state index < -0.39 is 5.60 Å². The third kappa shape index (κ3) is 5.20. The zero-order valence-electron chi connectivity index (χ0n) is 14.2. The largest absolute Gasteiger partial charge is 0.495 e. The first-order valence-corrected chi connectivity index (χ1v) is 8.24. The quantitative estimate of drug-likeness (QED) is 0.897. The van der Waals surface area contributed by atoms with Crippen LogP contribution in [0.1, 0.15) is 33.6 Å². The molecule has 1 aromatic rings. The molecule has 0 aliphatic carbocycles. The molecule has 23 heavy (non-hydrogen) atoms. The molecule has 0 unspecified atom stereocenters. The Balaban J connectivity index is 1.89. The number of likely N-dealkylation sites (tertiary alicyclic amines) is 1. The zero-order valence-corrected chi connectivity index (χ0v) is 14.9. The van der Waals surface area contributed by atoms with E-state index in [4.69, 9.17) is 21.1 Å². The summed E-state index contributed by atoms with van der Waals surface area (Å²) in [5.74, 6) is 0.729. The summed E-state index contributed by atoms with van der Waals surface area (Å²) in [7, 11) is 1.63. The number of benzene rings is 1. The summed E-state index contributed by atoms with van der Waals surface area (Å²) >= 11 is 5.98. The number of anilines is 1. The molecule has 1 aliphatic rings. The number of hydrogen-bond donors (Lipinski definition) is 1. The van der Waals surface area contributed by atoms with Gasteiger partial charge in [0.15, 0.2) is 0 Å². The number of nitrogens with zero attached hydrogens (tertiary/aromatic N) is 1. The van der Waals surface area contributed by atoms with Crippen LogP contribution in [0.4, 0.5) is 10.5 Å². The third-order valence-electron chi connectivity index (χ3n) is 3.67. The number of piperidine rings is 1. The number of nitrogens with one attached hydrogen (secondary N) is 1. The van der Waals surface area contributed by atoms with E-state index in [0.717, 1.165) is 24.3 Å². The van der Waals surface area contributed by atoms with Gasteiger partial charge in [-0.15, -0.1) is 0 Å². The van der Waals surface area contributed by atoms with E-state index in [0.29, 0.717) is 24.2 Å². The number of amides is 1. The van der Waals surface area contributed by atoms with Gasteiger partial charge < -0.3 is 19.7 Å². The molecule has 0 saturated carbocycles. The van der Waals surface area contributed by atoms with Crippen LogP contribution in [0.15, 0.2) is 18.2 Å². The minimum absolute atomic E-state index is 0.236. The van der Waals surface area contributed by atoms with Crippen molar-refractivity contribution in [2.24, 2.45) is 0 Å². The van der Waals surface area contributed by atoms with Crippen LogP contribution in [-0.4, -0.2) is 42.8 Å². The topological polar surface area (TPSA) is 50.8 Å². The summed E-state index contributed by atoms with van der Waals surface area (Å²) in [6.45, 7) is 7.01. The maximum atomic E-state index is 12.1. The van der Waals surface area contributed by atoms with Crippen LogP contribution < -0.4 is 10.1 Å². The fourth-order valence-electron chi connectivity index (χ4n) is 2.54. The van der Waals surface area contributed by atoms with Crippen molar-refractivity contribution in [1.82, 2.24) is 4.90 Å². The standard InChI is InChI=1S/C17H25ClN2O3/c1-17(2,3)23-16(21)20-9-7-13(8-10-20)19-14-6-5-12(18)11-15(14)22-4/h5-6,11,13,19H,7-10H2,1-4H3. The van der Waals surface area contributed by atoms with Gasteiger partial charge in [-0.25, -0.2) is 4.79 Å². The number of methoxy groups -OCH3 is 1. The van der Waals surface area contributed by atoms with E-state index >= 15 is 0 Å². The van der Waals surface area contributed by atoms with Crippen LogP contribution in [0.2, 0.25) is 5.02 Å². The molecule has 0 atom stereocenters. The van der Waals surface area contributed by atoms with Gasteiger partial charge in [0.25, 0.3) is 0 Å². The van der Waals surface area contributed by atoms with E-state index in [2.05, 4.69) is 5.32 Å². The number of hydrogen-bond acceptors (Lipinski definition) is 4. The molecular formula is C17H25ClN2O3. The molecule has 1 amide bonds. The average molecular weight is 341 g/mol. The molecule has 0 spiro atoms. The highest BCUT2D eigenvalue weighted by Gasteiger charge is 2.27. The normalized spacial score (nSPS) is 16.1. The highest BCUT2D eigenvalue weighted by atomic mass is 35.5. The van der Waals surface area contributed by atoms with Crippen LogP contribution in [0.25, 0.3) is 0 Å². The monoisotopic (exact) mass is 340 g/mol. The minimum Gasteiger partial charge on any atom is -0.495 e. The van der Waals surface area contributed by atoms with Crippen molar-refractivity contribution in [2.45, 2.75) is 45.3 Å². The maximum absolute atomic E-state index is 12.1. The second-order valence-corrected chi connectivity index (χ2v) is 7.17. The molecule has 1 fully saturated rings. The summed E-state index contributed by atoms with van der Waals surface area (Å²) in [5.41, 5.74) is 0.468. The number of carbonyl (C=O) groups excluding carboxylic acids is 1. The Morgan fingerprint density at radius 1 is 1.30 bits per heavy atom. The highest BCUT2D eigenvalue weighted by Crippen LogP contribution is 2.29. The molecule has 128 valence electrons. The molecule has 1 saturated heterocycles. The van der Waals surface area contributed by atoms with Crippen molar-refractivity contribution in [1.29, 1.82) is 0 Å². The van der Waals surface area contributed by atoms with Gasteiger partial charge in [-0.05, 0) is 45.7 Å². The van der Waals surface area contributed by atoms with E-state index in [1.807, 2.05) is 32.9 Å². The molecule has 0 aromatic heterocycles. The molecule has 0 bridgehead atoms. The average Bonchev–Trinajstić information content (AvgIpc) is 2.48. The Kier molecular flexibility index (Phi) is 5.63. The first kappa shape index (κ1) is 17.7. The minimum atomic E-state index is -0.456. The first-order chi connectivity index (χ1) is 10.8. The molecular weight excluding hydrogens is 316 g/mol. The first-order valence-electron chi connectivity index (χ1n) is 7.86. The highest BCUT2D eigenvalue weighted by molar-refractivity contribution is 6.30. The predicted octanol–water partition coefficient (Wildman–Crippen LogP) is 4.16. The van der Waals surface area contributed by atoms with Crippen LogP contribution >= 0.6 is 11.6 Å². The van der Waals surface area contributed by atoms with Gasteiger partial charge in [0.2, 0.25) is 0 Å². The lowest BCUT2D eigenvalue weighted by Gasteiger charge is -2.34. The Morgan fingerprint density at radius 3 is 2.52 bits per heavy atom. The molecule has 2 rings (SSSR count). The van der Waals surface area contributed by atoms with Gasteiger partial charge in [-0.2, -0.15) is 0 Å². The van der Waals surface area contributed by atoms with Gasteiger partial charge in [-0.3, -0.25) is 0 Å². The second kappa shape index (κ2) is 7.30. The summed E-state index contributed by atoms with van der Waals surface area (Å²) in [6, 6.07) is 5.84. The van der Waals surface area contributed by atoms with E-state index in [1.54, 1.807) is 18.1 Å². The molecule has 1 N–H and O–H groups in total. The van der Waals surface area contributed by atoms with E-state index in [9.17, 15) is 4.79 Å². The summed E-state index contributed by atoms with van der Waals surface area (Å²) in [4.78, 5) is 13.8. The van der Waals surface area contributed by atoms with E-state index in [1.165, 1.54) is 0 Å². The van der Waals surface area contributed by atoms with Crippen LogP contribution in [0.3, 0.4) is 0 Å². The molecule has 5 nitrogen and oxygen atoms in total. The van der Waals surface area contributed by atoms with Crippen molar-refractivity contribution < 1.29 is 14.3 Å². The fourth-order valence-corrected chi connectivity index (χ4v) is 2.70. The van der Waals surface area contributed by atoms with Crippen LogP contribution in [0.5, 0.6) is 5.75 Å². The Labute approximate surface area is 142 Å². The van der Waals surface area contributed by atoms with Gasteiger partial charge in [0, 0.05) is 30.2 Å². The van der Waals surface area contributed by atoms with Crippen molar-refractivity contribution >= 4 is 23.4 Å². The molecule has 0 radical (unpaired) electrons. The summed E-state index contributed by atoms with van der Waals surface area (Å²) in [6.07, 6.45) is 1.50.